The van der Waals surface area contributed by atoms with Crippen LogP contribution in [0.25, 0.3) is 0 Å². The van der Waals surface area contributed by atoms with Crippen LogP contribution in [0.15, 0.2) is 54.6 Å². The van der Waals surface area contributed by atoms with Gasteiger partial charge in [0.15, 0.2) is 4.75 Å². The summed E-state index contributed by atoms with van der Waals surface area (Å²) in [6.45, 7) is 0. The fraction of sp³-hybridized carbons (Fsp3) is 0.0526. The van der Waals surface area contributed by atoms with Gasteiger partial charge in [-0.3, -0.25) is 4.55 Å². The predicted molar refractivity (Wildman–Crippen MR) is 114 cm³/mol. The topological polar surface area (TPSA) is 94.8 Å². The van der Waals surface area contributed by atoms with Crippen molar-refractivity contribution in [3.63, 3.8) is 0 Å². The van der Waals surface area contributed by atoms with Crippen LogP contribution in [0.1, 0.15) is 16.7 Å². The largest absolute Gasteiger partial charge is 0.507 e. The summed E-state index contributed by atoms with van der Waals surface area (Å²) in [7, 11) is -5.11. The molecule has 0 radical (unpaired) electrons. The van der Waals surface area contributed by atoms with Gasteiger partial charge in [0, 0.05) is 5.02 Å². The second kappa shape index (κ2) is 7.87. The second-order valence-corrected chi connectivity index (χ2v) is 9.28. The predicted octanol–water partition coefficient (Wildman–Crippen LogP) is 5.89. The SMILES string of the molecule is O=S(=O)(O)C(c1ccc(Cl)cc1)(c1cc(Cl)c(Cl)c(Cl)c1)c1c(O)cccc1O. The molecule has 0 spiro atoms. The first kappa shape index (κ1) is 22.0. The summed E-state index contributed by atoms with van der Waals surface area (Å²) in [6, 6.07) is 11.5. The quantitative estimate of drug-likeness (QED) is 0.239. The molecular formula is C19H12Cl4O5S. The number of hydrogen-bond acceptors (Lipinski definition) is 4. The van der Waals surface area contributed by atoms with E-state index in [1.54, 1.807) is 0 Å². The monoisotopic (exact) mass is 492 g/mol. The van der Waals surface area contributed by atoms with Crippen molar-refractivity contribution in [3.8, 4) is 11.5 Å². The van der Waals surface area contributed by atoms with Gasteiger partial charge in [-0.15, -0.1) is 0 Å². The van der Waals surface area contributed by atoms with E-state index in [0.29, 0.717) is 5.02 Å². The zero-order valence-corrected chi connectivity index (χ0v) is 18.1. The van der Waals surface area contributed by atoms with Gasteiger partial charge in [-0.1, -0.05) is 64.6 Å². The van der Waals surface area contributed by atoms with Crippen molar-refractivity contribution in [3.05, 3.63) is 91.4 Å². The fourth-order valence-electron chi connectivity index (χ4n) is 3.21. The smallest absolute Gasteiger partial charge is 0.283 e. The molecule has 1 atom stereocenters. The molecule has 0 bridgehead atoms. The molecule has 0 aliphatic carbocycles. The van der Waals surface area contributed by atoms with E-state index in [4.69, 9.17) is 46.4 Å². The molecule has 0 saturated carbocycles. The zero-order chi connectivity index (χ0) is 21.6. The number of hydrogen-bond donors (Lipinski definition) is 3. The van der Waals surface area contributed by atoms with E-state index in [9.17, 15) is 23.2 Å². The van der Waals surface area contributed by atoms with E-state index in [0.717, 1.165) is 0 Å². The van der Waals surface area contributed by atoms with Crippen LogP contribution in [0.4, 0.5) is 0 Å². The fourth-order valence-corrected chi connectivity index (χ4v) is 5.25. The average molecular weight is 494 g/mol. The Hall–Kier alpha value is -1.67. The molecule has 0 amide bonds. The minimum absolute atomic E-state index is 0.0288. The minimum Gasteiger partial charge on any atom is -0.507 e. The summed E-state index contributed by atoms with van der Waals surface area (Å²) in [5, 5.41) is 21.1. The van der Waals surface area contributed by atoms with Crippen molar-refractivity contribution >= 4 is 56.5 Å². The molecule has 0 fully saturated rings. The van der Waals surface area contributed by atoms with Crippen LogP contribution < -0.4 is 0 Å². The van der Waals surface area contributed by atoms with E-state index in [1.807, 2.05) is 0 Å². The third-order valence-corrected chi connectivity index (χ3v) is 7.30. The Bertz CT molecular complexity index is 1150. The Kier molecular flexibility index (Phi) is 5.98. The maximum atomic E-state index is 12.9. The molecule has 3 aromatic carbocycles. The highest BCUT2D eigenvalue weighted by Gasteiger charge is 2.52. The Morgan fingerprint density at radius 3 is 1.69 bits per heavy atom. The number of aromatic hydroxyl groups is 2. The van der Waals surface area contributed by atoms with Gasteiger partial charge in [-0.25, -0.2) is 0 Å². The molecule has 0 saturated heterocycles. The number of phenols is 2. The van der Waals surface area contributed by atoms with Gasteiger partial charge in [0.25, 0.3) is 10.1 Å². The molecule has 1 unspecified atom stereocenters. The maximum Gasteiger partial charge on any atom is 0.283 e. The van der Waals surface area contributed by atoms with E-state index in [1.165, 1.54) is 54.6 Å². The highest BCUT2D eigenvalue weighted by atomic mass is 35.5. The lowest BCUT2D eigenvalue weighted by Gasteiger charge is -2.33. The molecule has 0 heterocycles. The van der Waals surface area contributed by atoms with Crippen LogP contribution in [-0.2, 0) is 14.9 Å². The van der Waals surface area contributed by atoms with Crippen LogP contribution in [0.2, 0.25) is 20.1 Å². The van der Waals surface area contributed by atoms with Gasteiger partial charge < -0.3 is 10.2 Å². The van der Waals surface area contributed by atoms with Gasteiger partial charge in [-0.2, -0.15) is 8.42 Å². The number of benzene rings is 3. The van der Waals surface area contributed by atoms with E-state index in [-0.39, 0.29) is 26.2 Å². The Labute approximate surface area is 186 Å². The molecule has 29 heavy (non-hydrogen) atoms. The van der Waals surface area contributed by atoms with Crippen LogP contribution in [0.5, 0.6) is 11.5 Å². The number of halogens is 4. The standard InChI is InChI=1S/C19H12Cl4O5S/c20-12-6-4-10(5-7-12)19(29(26,27)28,17-15(24)2-1-3-16(17)25)11-8-13(21)18(23)14(22)9-11/h1-9,24-25H,(H,26,27,28). The zero-order valence-electron chi connectivity index (χ0n) is 14.3. The molecular weight excluding hydrogens is 482 g/mol. The Morgan fingerprint density at radius 1 is 0.759 bits per heavy atom. The molecule has 3 aromatic rings. The lowest BCUT2D eigenvalue weighted by atomic mass is 9.83. The molecule has 0 aromatic heterocycles. The first-order valence-corrected chi connectivity index (χ1v) is 10.8. The molecule has 3 rings (SSSR count). The first-order chi connectivity index (χ1) is 13.5. The van der Waals surface area contributed by atoms with Gasteiger partial charge >= 0.3 is 0 Å². The minimum atomic E-state index is -5.11. The number of rotatable bonds is 4. The summed E-state index contributed by atoms with van der Waals surface area (Å²) in [5.74, 6) is -1.17. The third-order valence-electron chi connectivity index (χ3n) is 4.40. The molecule has 5 nitrogen and oxygen atoms in total. The molecule has 3 N–H and O–H groups in total. The van der Waals surface area contributed by atoms with E-state index >= 15 is 0 Å². The molecule has 152 valence electrons. The van der Waals surface area contributed by atoms with Crippen molar-refractivity contribution < 1.29 is 23.2 Å². The lowest BCUT2D eigenvalue weighted by molar-refractivity contribution is 0.416. The summed E-state index contributed by atoms with van der Waals surface area (Å²) in [5.41, 5.74) is -0.673. The molecule has 0 aliphatic rings. The summed E-state index contributed by atoms with van der Waals surface area (Å²) >= 11 is 24.2. The van der Waals surface area contributed by atoms with Crippen LogP contribution >= 0.6 is 46.4 Å². The van der Waals surface area contributed by atoms with Crippen molar-refractivity contribution in [2.24, 2.45) is 0 Å². The second-order valence-electron chi connectivity index (χ2n) is 6.09. The van der Waals surface area contributed by atoms with Crippen molar-refractivity contribution in [1.29, 1.82) is 0 Å². The summed E-state index contributed by atoms with van der Waals surface area (Å²) in [4.78, 5) is 0. The highest BCUT2D eigenvalue weighted by molar-refractivity contribution is 7.87. The summed E-state index contributed by atoms with van der Waals surface area (Å²) < 4.78 is 33.8. The normalized spacial score (nSPS) is 13.8. The van der Waals surface area contributed by atoms with Crippen LogP contribution in [-0.4, -0.2) is 23.2 Å². The molecule has 10 heteroatoms. The average Bonchev–Trinajstić information content (AvgIpc) is 2.62. The van der Waals surface area contributed by atoms with Crippen LogP contribution in [0.3, 0.4) is 0 Å². The van der Waals surface area contributed by atoms with Crippen molar-refractivity contribution in [2.45, 2.75) is 4.75 Å². The Morgan fingerprint density at radius 2 is 1.24 bits per heavy atom. The lowest BCUT2D eigenvalue weighted by Crippen LogP contribution is -2.38. The van der Waals surface area contributed by atoms with Gasteiger partial charge in [0.2, 0.25) is 0 Å². The third kappa shape index (κ3) is 3.65. The maximum absolute atomic E-state index is 12.9. The van der Waals surface area contributed by atoms with Crippen molar-refractivity contribution in [2.75, 3.05) is 0 Å². The van der Waals surface area contributed by atoms with Gasteiger partial charge in [0.1, 0.15) is 11.5 Å². The highest BCUT2D eigenvalue weighted by Crippen LogP contribution is 2.52. The van der Waals surface area contributed by atoms with Crippen LogP contribution in [0, 0.1) is 0 Å². The van der Waals surface area contributed by atoms with Crippen molar-refractivity contribution in [1.82, 2.24) is 0 Å². The Balaban J connectivity index is 2.61. The summed E-state index contributed by atoms with van der Waals surface area (Å²) in [6.07, 6.45) is 0. The number of phenolic OH excluding ortho intramolecular Hbond substituents is 2. The van der Waals surface area contributed by atoms with Gasteiger partial charge in [0.05, 0.1) is 20.6 Å². The van der Waals surface area contributed by atoms with Gasteiger partial charge in [-0.05, 0) is 47.5 Å². The van der Waals surface area contributed by atoms with E-state index in [2.05, 4.69) is 0 Å². The molecule has 0 aliphatic heterocycles. The van der Waals surface area contributed by atoms with E-state index < -0.39 is 31.9 Å². The first-order valence-electron chi connectivity index (χ1n) is 7.89.